The lowest BCUT2D eigenvalue weighted by atomic mass is 9.81. The van der Waals surface area contributed by atoms with Gasteiger partial charge in [-0.3, -0.25) is 9.59 Å². The number of anilines is 1. The van der Waals surface area contributed by atoms with E-state index in [9.17, 15) is 9.59 Å². The maximum atomic E-state index is 12.5. The van der Waals surface area contributed by atoms with Crippen molar-refractivity contribution in [2.75, 3.05) is 11.9 Å². The van der Waals surface area contributed by atoms with E-state index in [1.165, 1.54) is 0 Å². The zero-order valence-electron chi connectivity index (χ0n) is 13.8. The normalized spacial score (nSPS) is 20.8. The second kappa shape index (κ2) is 7.99. The van der Waals surface area contributed by atoms with Gasteiger partial charge in [-0.25, -0.2) is 0 Å². The number of rotatable bonds is 6. The van der Waals surface area contributed by atoms with Crippen LogP contribution in [0, 0.1) is 18.8 Å². The van der Waals surface area contributed by atoms with Gasteiger partial charge in [0.2, 0.25) is 5.91 Å². The molecular formula is C18H25NO4. The predicted octanol–water partition coefficient (Wildman–Crippen LogP) is 3.61. The summed E-state index contributed by atoms with van der Waals surface area (Å²) in [5.74, 6) is -0.893. The summed E-state index contributed by atoms with van der Waals surface area (Å²) in [6, 6.07) is 5.68. The molecule has 126 valence electrons. The number of carboxylic acid groups (broad SMARTS) is 1. The lowest BCUT2D eigenvalue weighted by Crippen LogP contribution is -2.31. The molecule has 5 nitrogen and oxygen atoms in total. The Morgan fingerprint density at radius 2 is 2.04 bits per heavy atom. The molecule has 2 rings (SSSR count). The molecule has 1 fully saturated rings. The summed E-state index contributed by atoms with van der Waals surface area (Å²) in [4.78, 5) is 23.6. The van der Waals surface area contributed by atoms with E-state index in [0.29, 0.717) is 30.9 Å². The van der Waals surface area contributed by atoms with E-state index in [4.69, 9.17) is 9.84 Å². The van der Waals surface area contributed by atoms with Crippen LogP contribution in [-0.2, 0) is 9.59 Å². The van der Waals surface area contributed by atoms with Crippen molar-refractivity contribution in [1.29, 1.82) is 0 Å². The summed E-state index contributed by atoms with van der Waals surface area (Å²) >= 11 is 0. The number of benzene rings is 1. The molecule has 1 aliphatic carbocycles. The van der Waals surface area contributed by atoms with Gasteiger partial charge in [0.25, 0.3) is 0 Å². The summed E-state index contributed by atoms with van der Waals surface area (Å²) in [6.07, 6.45) is 3.49. The Balaban J connectivity index is 2.06. The maximum Gasteiger partial charge on any atom is 0.306 e. The van der Waals surface area contributed by atoms with Gasteiger partial charge in [0, 0.05) is 5.92 Å². The van der Waals surface area contributed by atoms with Gasteiger partial charge in [0.15, 0.2) is 0 Å². The minimum absolute atomic E-state index is 0.110. The molecule has 2 N–H and O–H groups in total. The number of aliphatic carboxylic acids is 1. The molecule has 23 heavy (non-hydrogen) atoms. The Kier molecular flexibility index (Phi) is 6.02. The minimum Gasteiger partial charge on any atom is -0.491 e. The predicted molar refractivity (Wildman–Crippen MR) is 88.7 cm³/mol. The van der Waals surface area contributed by atoms with Gasteiger partial charge in [0.1, 0.15) is 5.75 Å². The molecule has 0 spiro atoms. The standard InChI is InChI=1S/C18H25NO4/c1-3-9-23-16-10-12(2)7-8-15(16)19-17(20)13-5-4-6-14(11-13)18(21)22/h7-8,10,13-14H,3-6,9,11H2,1-2H3,(H,19,20)(H,21,22). The van der Waals surface area contributed by atoms with Crippen LogP contribution in [0.1, 0.15) is 44.6 Å². The molecule has 1 amide bonds. The first kappa shape index (κ1) is 17.3. The molecule has 1 aromatic carbocycles. The van der Waals surface area contributed by atoms with E-state index < -0.39 is 11.9 Å². The van der Waals surface area contributed by atoms with Gasteiger partial charge >= 0.3 is 5.97 Å². The third-order valence-corrected chi connectivity index (χ3v) is 4.25. The number of nitrogens with one attached hydrogen (secondary N) is 1. The van der Waals surface area contributed by atoms with Crippen molar-refractivity contribution in [3.05, 3.63) is 23.8 Å². The Hall–Kier alpha value is -2.04. The molecule has 2 unspecified atom stereocenters. The molecule has 2 atom stereocenters. The van der Waals surface area contributed by atoms with Gasteiger partial charge < -0.3 is 15.2 Å². The van der Waals surface area contributed by atoms with E-state index in [-0.39, 0.29) is 11.8 Å². The topological polar surface area (TPSA) is 75.6 Å². The van der Waals surface area contributed by atoms with Crippen molar-refractivity contribution in [3.63, 3.8) is 0 Å². The van der Waals surface area contributed by atoms with Gasteiger partial charge in [-0.2, -0.15) is 0 Å². The lowest BCUT2D eigenvalue weighted by molar-refractivity contribution is -0.143. The number of carbonyl (C=O) groups is 2. The fourth-order valence-corrected chi connectivity index (χ4v) is 2.95. The molecule has 0 radical (unpaired) electrons. The molecule has 0 aliphatic heterocycles. The van der Waals surface area contributed by atoms with Crippen molar-refractivity contribution in [3.8, 4) is 5.75 Å². The summed E-state index contributed by atoms with van der Waals surface area (Å²) in [5, 5.41) is 12.1. The highest BCUT2D eigenvalue weighted by Gasteiger charge is 2.31. The highest BCUT2D eigenvalue weighted by Crippen LogP contribution is 2.32. The van der Waals surface area contributed by atoms with Crippen molar-refractivity contribution in [2.24, 2.45) is 11.8 Å². The third kappa shape index (κ3) is 4.71. The number of carboxylic acids is 1. The van der Waals surface area contributed by atoms with Crippen molar-refractivity contribution in [2.45, 2.75) is 46.0 Å². The van der Waals surface area contributed by atoms with Crippen LogP contribution in [0.3, 0.4) is 0 Å². The van der Waals surface area contributed by atoms with Gasteiger partial charge in [-0.05, 0) is 50.3 Å². The van der Waals surface area contributed by atoms with Gasteiger partial charge in [0.05, 0.1) is 18.2 Å². The number of carbonyl (C=O) groups excluding carboxylic acids is 1. The first-order chi connectivity index (χ1) is 11.0. The highest BCUT2D eigenvalue weighted by atomic mass is 16.5. The van der Waals surface area contributed by atoms with Crippen LogP contribution in [0.5, 0.6) is 5.75 Å². The van der Waals surface area contributed by atoms with E-state index in [2.05, 4.69) is 5.32 Å². The Morgan fingerprint density at radius 3 is 2.74 bits per heavy atom. The van der Waals surface area contributed by atoms with E-state index in [0.717, 1.165) is 24.8 Å². The third-order valence-electron chi connectivity index (χ3n) is 4.25. The lowest BCUT2D eigenvalue weighted by Gasteiger charge is -2.26. The quantitative estimate of drug-likeness (QED) is 0.840. The maximum absolute atomic E-state index is 12.5. The first-order valence-electron chi connectivity index (χ1n) is 8.28. The number of hydrogen-bond donors (Lipinski definition) is 2. The second-order valence-corrected chi connectivity index (χ2v) is 6.24. The molecule has 1 aromatic rings. The number of amides is 1. The van der Waals surface area contributed by atoms with Crippen LogP contribution in [0.4, 0.5) is 5.69 Å². The average Bonchev–Trinajstić information content (AvgIpc) is 2.55. The minimum atomic E-state index is -0.801. The molecule has 0 heterocycles. The van der Waals surface area contributed by atoms with Gasteiger partial charge in [-0.1, -0.05) is 19.4 Å². The van der Waals surface area contributed by atoms with Crippen LogP contribution in [0.2, 0.25) is 0 Å². The van der Waals surface area contributed by atoms with E-state index in [1.807, 2.05) is 32.0 Å². The van der Waals surface area contributed by atoms with Crippen molar-refractivity contribution < 1.29 is 19.4 Å². The molecule has 0 saturated heterocycles. The monoisotopic (exact) mass is 319 g/mol. The average molecular weight is 319 g/mol. The van der Waals surface area contributed by atoms with Crippen LogP contribution >= 0.6 is 0 Å². The Morgan fingerprint density at radius 1 is 1.30 bits per heavy atom. The zero-order valence-corrected chi connectivity index (χ0v) is 13.8. The summed E-state index contributed by atoms with van der Waals surface area (Å²) in [5.41, 5.74) is 1.73. The first-order valence-corrected chi connectivity index (χ1v) is 8.28. The number of aryl methyl sites for hydroxylation is 1. The molecule has 1 saturated carbocycles. The van der Waals surface area contributed by atoms with Crippen LogP contribution < -0.4 is 10.1 Å². The second-order valence-electron chi connectivity index (χ2n) is 6.24. The van der Waals surface area contributed by atoms with Gasteiger partial charge in [-0.15, -0.1) is 0 Å². The Labute approximate surface area is 137 Å². The van der Waals surface area contributed by atoms with Crippen molar-refractivity contribution in [1.82, 2.24) is 0 Å². The van der Waals surface area contributed by atoms with E-state index in [1.54, 1.807) is 0 Å². The molecular weight excluding hydrogens is 294 g/mol. The smallest absolute Gasteiger partial charge is 0.306 e. The van der Waals surface area contributed by atoms with E-state index >= 15 is 0 Å². The van der Waals surface area contributed by atoms with Crippen LogP contribution in [-0.4, -0.2) is 23.6 Å². The summed E-state index contributed by atoms with van der Waals surface area (Å²) in [6.45, 7) is 4.60. The number of hydrogen-bond acceptors (Lipinski definition) is 3. The fraction of sp³-hybridized carbons (Fsp3) is 0.556. The zero-order chi connectivity index (χ0) is 16.8. The molecule has 0 bridgehead atoms. The summed E-state index contributed by atoms with van der Waals surface area (Å²) in [7, 11) is 0. The van der Waals surface area contributed by atoms with Crippen LogP contribution in [0.25, 0.3) is 0 Å². The summed E-state index contributed by atoms with van der Waals surface area (Å²) < 4.78 is 5.71. The highest BCUT2D eigenvalue weighted by molar-refractivity contribution is 5.94. The fourth-order valence-electron chi connectivity index (χ4n) is 2.95. The Bertz CT molecular complexity index is 570. The van der Waals surface area contributed by atoms with Crippen LogP contribution in [0.15, 0.2) is 18.2 Å². The molecule has 5 heteroatoms. The molecule has 1 aliphatic rings. The number of ether oxygens (including phenoxy) is 1. The SMILES string of the molecule is CCCOc1cc(C)ccc1NC(=O)C1CCCC(C(=O)O)C1. The molecule has 0 aromatic heterocycles. The van der Waals surface area contributed by atoms with Crippen molar-refractivity contribution >= 4 is 17.6 Å². The largest absolute Gasteiger partial charge is 0.491 e.